The van der Waals surface area contributed by atoms with Crippen LogP contribution in [0.2, 0.25) is 5.02 Å². The molecule has 34 heavy (non-hydrogen) atoms. The fourth-order valence-electron chi connectivity index (χ4n) is 3.26. The predicted molar refractivity (Wildman–Crippen MR) is 140 cm³/mol. The van der Waals surface area contributed by atoms with E-state index in [9.17, 15) is 18.0 Å². The van der Waals surface area contributed by atoms with E-state index in [1.807, 2.05) is 20.8 Å². The van der Waals surface area contributed by atoms with Gasteiger partial charge in [-0.3, -0.25) is 13.9 Å². The zero-order chi connectivity index (χ0) is 25.6. The van der Waals surface area contributed by atoms with Crippen LogP contribution in [0.15, 0.2) is 46.9 Å². The summed E-state index contributed by atoms with van der Waals surface area (Å²) in [5, 5.41) is 3.35. The number of nitrogens with one attached hydrogen (secondary N) is 1. The fraction of sp³-hybridized carbons (Fsp3) is 0.417. The molecule has 2 rings (SSSR count). The number of rotatable bonds is 10. The molecule has 10 heteroatoms. The first-order chi connectivity index (χ1) is 15.8. The third-order valence-corrected chi connectivity index (χ3v) is 7.97. The molecule has 186 valence electrons. The molecule has 0 radical (unpaired) electrons. The van der Waals surface area contributed by atoms with Crippen LogP contribution in [0.4, 0.5) is 5.69 Å². The molecule has 0 aliphatic carbocycles. The number of benzene rings is 2. The van der Waals surface area contributed by atoms with E-state index in [4.69, 9.17) is 11.6 Å². The second-order valence-corrected chi connectivity index (χ2v) is 11.5. The predicted octanol–water partition coefficient (Wildman–Crippen LogP) is 4.51. The molecule has 0 saturated heterocycles. The lowest BCUT2D eigenvalue weighted by Gasteiger charge is -2.32. The standard InChI is InChI=1S/C24H31BrClN3O4S/c1-6-17(3)27-24(31)18(4)28(14-19-9-7-8-10-22(19)26)23(30)15-29(34(5,32)33)20-11-12-21(25)16(2)13-20/h7-13,17-18H,6,14-15H2,1-5H3,(H,27,31)/t17-,18+/m0/s1. The van der Waals surface area contributed by atoms with E-state index in [0.29, 0.717) is 16.3 Å². The molecule has 7 nitrogen and oxygen atoms in total. The van der Waals surface area contributed by atoms with Gasteiger partial charge >= 0.3 is 0 Å². The van der Waals surface area contributed by atoms with Crippen LogP contribution in [0, 0.1) is 6.92 Å². The van der Waals surface area contributed by atoms with E-state index in [1.165, 1.54) is 4.90 Å². The third-order valence-electron chi connectivity index (χ3n) is 5.58. The zero-order valence-corrected chi connectivity index (χ0v) is 23.2. The lowest BCUT2D eigenvalue weighted by atomic mass is 10.1. The van der Waals surface area contributed by atoms with Crippen LogP contribution in [-0.4, -0.2) is 50.0 Å². The highest BCUT2D eigenvalue weighted by molar-refractivity contribution is 9.10. The molecule has 0 aliphatic heterocycles. The van der Waals surface area contributed by atoms with Gasteiger partial charge in [0.15, 0.2) is 0 Å². The van der Waals surface area contributed by atoms with Crippen molar-refractivity contribution in [3.8, 4) is 0 Å². The second kappa shape index (κ2) is 12.0. The van der Waals surface area contributed by atoms with Crippen molar-refractivity contribution in [1.82, 2.24) is 10.2 Å². The first kappa shape index (κ1) is 28.1. The highest BCUT2D eigenvalue weighted by Crippen LogP contribution is 2.25. The smallest absolute Gasteiger partial charge is 0.244 e. The molecule has 0 spiro atoms. The van der Waals surface area contributed by atoms with Crippen molar-refractivity contribution < 1.29 is 18.0 Å². The fourth-order valence-corrected chi connectivity index (χ4v) is 4.54. The van der Waals surface area contributed by atoms with Crippen LogP contribution in [-0.2, 0) is 26.2 Å². The normalized spacial score (nSPS) is 13.1. The Bertz CT molecular complexity index is 1140. The Morgan fingerprint density at radius 3 is 2.35 bits per heavy atom. The first-order valence-corrected chi connectivity index (χ1v) is 13.9. The minimum Gasteiger partial charge on any atom is -0.352 e. The van der Waals surface area contributed by atoms with E-state index in [-0.39, 0.29) is 18.5 Å². The quantitative estimate of drug-likeness (QED) is 0.454. The molecule has 0 aromatic heterocycles. The number of amides is 2. The molecular formula is C24H31BrClN3O4S. The lowest BCUT2D eigenvalue weighted by Crippen LogP contribution is -2.52. The molecule has 2 amide bonds. The van der Waals surface area contributed by atoms with E-state index in [1.54, 1.807) is 49.4 Å². The van der Waals surface area contributed by atoms with Gasteiger partial charge in [0, 0.05) is 22.1 Å². The van der Waals surface area contributed by atoms with Gasteiger partial charge in [0.1, 0.15) is 12.6 Å². The molecule has 0 unspecified atom stereocenters. The Morgan fingerprint density at radius 2 is 1.79 bits per heavy atom. The van der Waals surface area contributed by atoms with E-state index in [0.717, 1.165) is 27.0 Å². The molecule has 0 fully saturated rings. The van der Waals surface area contributed by atoms with E-state index >= 15 is 0 Å². The van der Waals surface area contributed by atoms with Crippen LogP contribution < -0.4 is 9.62 Å². The third kappa shape index (κ3) is 7.45. The van der Waals surface area contributed by atoms with Crippen molar-refractivity contribution in [3.05, 3.63) is 63.1 Å². The van der Waals surface area contributed by atoms with Crippen LogP contribution in [0.3, 0.4) is 0 Å². The summed E-state index contributed by atoms with van der Waals surface area (Å²) in [6.07, 6.45) is 1.79. The summed E-state index contributed by atoms with van der Waals surface area (Å²) in [4.78, 5) is 27.8. The summed E-state index contributed by atoms with van der Waals surface area (Å²) < 4.78 is 27.1. The Kier molecular flexibility index (Phi) is 9.96. The summed E-state index contributed by atoms with van der Waals surface area (Å²) in [7, 11) is -3.78. The van der Waals surface area contributed by atoms with Crippen molar-refractivity contribution in [3.63, 3.8) is 0 Å². The number of aryl methyl sites for hydroxylation is 1. The number of carbonyl (C=O) groups is 2. The molecular weight excluding hydrogens is 542 g/mol. The zero-order valence-electron chi connectivity index (χ0n) is 20.0. The average Bonchev–Trinajstić information content (AvgIpc) is 2.77. The topological polar surface area (TPSA) is 86.8 Å². The lowest BCUT2D eigenvalue weighted by molar-refractivity contribution is -0.139. The van der Waals surface area contributed by atoms with Gasteiger partial charge in [0.25, 0.3) is 0 Å². The Balaban J connectivity index is 2.42. The molecule has 2 aromatic rings. The van der Waals surface area contributed by atoms with Gasteiger partial charge in [-0.2, -0.15) is 0 Å². The van der Waals surface area contributed by atoms with Gasteiger partial charge < -0.3 is 10.2 Å². The number of carbonyl (C=O) groups excluding carboxylic acids is 2. The minimum atomic E-state index is -3.78. The highest BCUT2D eigenvalue weighted by Gasteiger charge is 2.30. The van der Waals surface area contributed by atoms with E-state index in [2.05, 4.69) is 21.2 Å². The molecule has 1 N–H and O–H groups in total. The van der Waals surface area contributed by atoms with Crippen molar-refractivity contribution >= 4 is 55.1 Å². The monoisotopic (exact) mass is 571 g/mol. The van der Waals surface area contributed by atoms with Gasteiger partial charge in [0.05, 0.1) is 11.9 Å². The second-order valence-electron chi connectivity index (χ2n) is 8.31. The average molecular weight is 573 g/mol. The van der Waals surface area contributed by atoms with Crippen molar-refractivity contribution in [2.75, 3.05) is 17.1 Å². The number of nitrogens with zero attached hydrogens (tertiary/aromatic N) is 2. The molecule has 0 heterocycles. The maximum absolute atomic E-state index is 13.5. The summed E-state index contributed by atoms with van der Waals surface area (Å²) in [6, 6.07) is 11.2. The minimum absolute atomic E-state index is 0.0601. The van der Waals surface area contributed by atoms with Crippen molar-refractivity contribution in [1.29, 1.82) is 0 Å². The molecule has 0 saturated carbocycles. The van der Waals surface area contributed by atoms with Gasteiger partial charge in [-0.25, -0.2) is 8.42 Å². The maximum Gasteiger partial charge on any atom is 0.244 e. The van der Waals surface area contributed by atoms with Crippen molar-refractivity contribution in [2.24, 2.45) is 0 Å². The van der Waals surface area contributed by atoms with Gasteiger partial charge in [-0.1, -0.05) is 52.7 Å². The molecule has 0 bridgehead atoms. The van der Waals surface area contributed by atoms with Crippen LogP contribution in [0.25, 0.3) is 0 Å². The maximum atomic E-state index is 13.5. The first-order valence-electron chi connectivity index (χ1n) is 10.9. The van der Waals surface area contributed by atoms with Gasteiger partial charge in [0.2, 0.25) is 21.8 Å². The Hall–Kier alpha value is -2.10. The number of sulfonamides is 1. The van der Waals surface area contributed by atoms with Gasteiger partial charge in [-0.05, 0) is 62.6 Å². The Labute approximate surface area is 215 Å². The van der Waals surface area contributed by atoms with Crippen molar-refractivity contribution in [2.45, 2.75) is 52.7 Å². The van der Waals surface area contributed by atoms with Crippen LogP contribution in [0.5, 0.6) is 0 Å². The summed E-state index contributed by atoms with van der Waals surface area (Å²) in [5.41, 5.74) is 1.85. The summed E-state index contributed by atoms with van der Waals surface area (Å²) >= 11 is 9.73. The summed E-state index contributed by atoms with van der Waals surface area (Å²) in [5.74, 6) is -0.835. The summed E-state index contributed by atoms with van der Waals surface area (Å²) in [6.45, 7) is 6.90. The number of halogens is 2. The Morgan fingerprint density at radius 1 is 1.15 bits per heavy atom. The van der Waals surface area contributed by atoms with Gasteiger partial charge in [-0.15, -0.1) is 0 Å². The molecule has 2 aromatic carbocycles. The van der Waals surface area contributed by atoms with Crippen LogP contribution >= 0.6 is 27.5 Å². The molecule has 2 atom stereocenters. The number of hydrogen-bond donors (Lipinski definition) is 1. The van der Waals surface area contributed by atoms with E-state index < -0.39 is 28.5 Å². The highest BCUT2D eigenvalue weighted by atomic mass is 79.9. The number of hydrogen-bond acceptors (Lipinski definition) is 4. The number of anilines is 1. The largest absolute Gasteiger partial charge is 0.352 e. The molecule has 0 aliphatic rings. The van der Waals surface area contributed by atoms with Crippen LogP contribution in [0.1, 0.15) is 38.3 Å². The SMILES string of the molecule is CC[C@H](C)NC(=O)[C@@H](C)N(Cc1ccccc1Cl)C(=O)CN(c1ccc(Br)c(C)c1)S(C)(=O)=O.